The minimum atomic E-state index is -0.540. The van der Waals surface area contributed by atoms with Crippen LogP contribution in [0.3, 0.4) is 0 Å². The lowest BCUT2D eigenvalue weighted by atomic mass is 9.89. The molecule has 0 saturated carbocycles. The van der Waals surface area contributed by atoms with E-state index in [1.807, 2.05) is 68.1 Å². The molecule has 2 amide bonds. The van der Waals surface area contributed by atoms with Crippen LogP contribution in [0.2, 0.25) is 0 Å². The van der Waals surface area contributed by atoms with Crippen molar-refractivity contribution in [1.82, 2.24) is 10.2 Å². The van der Waals surface area contributed by atoms with Crippen LogP contribution in [0.1, 0.15) is 67.9 Å². The number of fused-ring (bicyclic) bond motifs is 3. The average molecular weight is 476 g/mol. The van der Waals surface area contributed by atoms with Gasteiger partial charge in [0.05, 0.1) is 0 Å². The number of hydrogen-bond acceptors (Lipinski definition) is 5. The van der Waals surface area contributed by atoms with Gasteiger partial charge in [0.2, 0.25) is 0 Å². The lowest BCUT2D eigenvalue weighted by molar-refractivity contribution is 0.0155. The van der Waals surface area contributed by atoms with Gasteiger partial charge in [0, 0.05) is 29.9 Å². The third-order valence-corrected chi connectivity index (χ3v) is 7.01. The second kappa shape index (κ2) is 8.95. The summed E-state index contributed by atoms with van der Waals surface area (Å²) in [5.74, 6) is 0.607. The number of benzene rings is 2. The molecule has 2 unspecified atom stereocenters. The van der Waals surface area contributed by atoms with E-state index in [2.05, 4.69) is 5.32 Å². The molecule has 2 aromatic carbocycles. The number of nitrogen functional groups attached to an aromatic ring is 1. The number of rotatable bonds is 4. The molecule has 5 rings (SSSR count). The fourth-order valence-electron chi connectivity index (χ4n) is 5.37. The topological polar surface area (TPSA) is 93.9 Å². The number of anilines is 1. The van der Waals surface area contributed by atoms with E-state index in [1.165, 1.54) is 11.1 Å². The number of nitrogens with zero attached hydrogens (tertiary/aromatic N) is 1. The first-order valence-corrected chi connectivity index (χ1v) is 12.3. The van der Waals surface area contributed by atoms with Gasteiger partial charge in [-0.15, -0.1) is 0 Å². The van der Waals surface area contributed by atoms with E-state index in [0.717, 1.165) is 36.8 Å². The fraction of sp³-hybridized carbons (Fsp3) is 0.429. The average Bonchev–Trinajstić information content (AvgIpc) is 3.32. The largest absolute Gasteiger partial charge is 0.489 e. The summed E-state index contributed by atoms with van der Waals surface area (Å²) in [6.45, 7) is 6.66. The van der Waals surface area contributed by atoms with Gasteiger partial charge in [0.1, 0.15) is 18.0 Å². The van der Waals surface area contributed by atoms with Crippen molar-refractivity contribution in [2.45, 2.75) is 70.7 Å². The summed E-state index contributed by atoms with van der Waals surface area (Å²) in [6.07, 6.45) is 3.12. The van der Waals surface area contributed by atoms with Crippen molar-refractivity contribution in [2.75, 3.05) is 12.3 Å². The highest BCUT2D eigenvalue weighted by Crippen LogP contribution is 2.41. The highest BCUT2D eigenvalue weighted by atomic mass is 16.6. The minimum absolute atomic E-state index is 0.0630. The molecule has 3 aliphatic heterocycles. The first-order chi connectivity index (χ1) is 16.7. The fourth-order valence-corrected chi connectivity index (χ4v) is 5.37. The van der Waals surface area contributed by atoms with Crippen molar-refractivity contribution < 1.29 is 19.1 Å². The summed E-state index contributed by atoms with van der Waals surface area (Å²) < 4.78 is 12.0. The second-order valence-corrected chi connectivity index (χ2v) is 10.7. The zero-order chi connectivity index (χ0) is 24.7. The molecule has 0 radical (unpaired) electrons. The highest BCUT2D eigenvalue weighted by molar-refractivity contribution is 5.98. The van der Waals surface area contributed by atoms with Gasteiger partial charge < -0.3 is 25.4 Å². The lowest BCUT2D eigenvalue weighted by Crippen LogP contribution is -2.43. The smallest absolute Gasteiger partial charge is 0.410 e. The Morgan fingerprint density at radius 1 is 1.09 bits per heavy atom. The van der Waals surface area contributed by atoms with E-state index in [-0.39, 0.29) is 24.1 Å². The summed E-state index contributed by atoms with van der Waals surface area (Å²) in [7, 11) is 0. The third-order valence-electron chi connectivity index (χ3n) is 7.01. The molecular weight excluding hydrogens is 442 g/mol. The Morgan fingerprint density at radius 3 is 2.51 bits per heavy atom. The van der Waals surface area contributed by atoms with Gasteiger partial charge >= 0.3 is 6.09 Å². The zero-order valence-corrected chi connectivity index (χ0v) is 20.6. The SMILES string of the molecule is CC(C)(C)OC(=O)N1C2CCC1CC(c1ccc(N)cc1)=C(COc1ccc3c(c1)C(=O)NC3)C2. The standard InChI is InChI=1S/C28H33N3O4/c1-28(2,3)35-27(33)31-21-9-10-22(31)13-24(17-4-7-20(29)8-5-17)19(12-21)16-34-23-11-6-18-15-30-26(32)25(18)14-23/h4-8,11,14,21-22H,9-10,12-13,15-16,29H2,1-3H3,(H,30,32). The molecule has 184 valence electrons. The molecular formula is C28H33N3O4. The van der Waals surface area contributed by atoms with Crippen molar-refractivity contribution in [3.8, 4) is 5.75 Å². The molecule has 7 nitrogen and oxygen atoms in total. The quantitative estimate of drug-likeness (QED) is 0.613. The van der Waals surface area contributed by atoms with Gasteiger partial charge in [-0.3, -0.25) is 4.79 Å². The van der Waals surface area contributed by atoms with Gasteiger partial charge in [0.25, 0.3) is 5.91 Å². The van der Waals surface area contributed by atoms with Gasteiger partial charge in [-0.25, -0.2) is 4.79 Å². The number of nitrogens with two attached hydrogens (primary N) is 1. The van der Waals surface area contributed by atoms with Crippen molar-refractivity contribution in [3.63, 3.8) is 0 Å². The van der Waals surface area contributed by atoms with Crippen LogP contribution in [0.5, 0.6) is 5.75 Å². The van der Waals surface area contributed by atoms with Crippen LogP contribution in [0.15, 0.2) is 48.0 Å². The van der Waals surface area contributed by atoms with E-state index >= 15 is 0 Å². The maximum atomic E-state index is 13.1. The van der Waals surface area contributed by atoms with Gasteiger partial charge in [-0.05, 0) is 93.0 Å². The molecule has 2 bridgehead atoms. The Bertz CT molecular complexity index is 1180. The van der Waals surface area contributed by atoms with E-state index in [0.29, 0.717) is 30.2 Å². The van der Waals surface area contributed by atoms with Crippen molar-refractivity contribution in [1.29, 1.82) is 0 Å². The Hall–Kier alpha value is -3.48. The summed E-state index contributed by atoms with van der Waals surface area (Å²) in [5.41, 5.74) is 11.3. The van der Waals surface area contributed by atoms with E-state index in [4.69, 9.17) is 15.2 Å². The van der Waals surface area contributed by atoms with Crippen LogP contribution < -0.4 is 15.8 Å². The van der Waals surface area contributed by atoms with Gasteiger partial charge in [-0.2, -0.15) is 0 Å². The minimum Gasteiger partial charge on any atom is -0.489 e. The predicted octanol–water partition coefficient (Wildman–Crippen LogP) is 4.91. The second-order valence-electron chi connectivity index (χ2n) is 10.7. The number of nitrogens with one attached hydrogen (secondary N) is 1. The maximum absolute atomic E-state index is 13.1. The van der Waals surface area contributed by atoms with Gasteiger partial charge in [-0.1, -0.05) is 18.2 Å². The number of hydrogen-bond donors (Lipinski definition) is 2. The summed E-state index contributed by atoms with van der Waals surface area (Å²) >= 11 is 0. The molecule has 0 spiro atoms. The Labute approximate surface area is 206 Å². The Balaban J connectivity index is 1.43. The molecule has 3 heterocycles. The van der Waals surface area contributed by atoms with E-state index < -0.39 is 5.60 Å². The molecule has 0 aromatic heterocycles. The first kappa shape index (κ1) is 23.3. The molecule has 1 saturated heterocycles. The van der Waals surface area contributed by atoms with Crippen molar-refractivity contribution in [2.24, 2.45) is 0 Å². The maximum Gasteiger partial charge on any atom is 0.410 e. The summed E-state index contributed by atoms with van der Waals surface area (Å²) in [6, 6.07) is 13.7. The van der Waals surface area contributed by atoms with Gasteiger partial charge in [0.15, 0.2) is 0 Å². The van der Waals surface area contributed by atoms with Crippen LogP contribution in [-0.2, 0) is 11.3 Å². The lowest BCUT2D eigenvalue weighted by Gasteiger charge is -2.31. The molecule has 1 fully saturated rings. The molecule has 3 N–H and O–H groups in total. The third kappa shape index (κ3) is 4.85. The molecule has 2 aromatic rings. The van der Waals surface area contributed by atoms with Crippen LogP contribution in [0.4, 0.5) is 10.5 Å². The Kier molecular flexibility index (Phi) is 5.95. The summed E-state index contributed by atoms with van der Waals surface area (Å²) in [4.78, 5) is 27.2. The van der Waals surface area contributed by atoms with Crippen LogP contribution in [0, 0.1) is 0 Å². The number of carbonyl (C=O) groups is 2. The monoisotopic (exact) mass is 475 g/mol. The predicted molar refractivity (Wildman–Crippen MR) is 135 cm³/mol. The van der Waals surface area contributed by atoms with E-state index in [1.54, 1.807) is 0 Å². The number of ether oxygens (including phenoxy) is 2. The first-order valence-electron chi connectivity index (χ1n) is 12.3. The van der Waals surface area contributed by atoms with Crippen LogP contribution in [-0.4, -0.2) is 41.2 Å². The molecule has 7 heteroatoms. The number of carbonyl (C=O) groups excluding carboxylic acids is 2. The summed E-state index contributed by atoms with van der Waals surface area (Å²) in [5, 5.41) is 2.85. The highest BCUT2D eigenvalue weighted by Gasteiger charge is 2.42. The van der Waals surface area contributed by atoms with Crippen molar-refractivity contribution >= 4 is 23.3 Å². The Morgan fingerprint density at radius 2 is 1.80 bits per heavy atom. The van der Waals surface area contributed by atoms with Crippen LogP contribution >= 0.6 is 0 Å². The van der Waals surface area contributed by atoms with E-state index in [9.17, 15) is 9.59 Å². The molecule has 35 heavy (non-hydrogen) atoms. The number of amides is 2. The van der Waals surface area contributed by atoms with Crippen molar-refractivity contribution in [3.05, 3.63) is 64.7 Å². The normalized spacial score (nSPS) is 21.5. The zero-order valence-electron chi connectivity index (χ0n) is 20.6. The molecule has 3 aliphatic rings. The van der Waals surface area contributed by atoms with Crippen LogP contribution in [0.25, 0.3) is 5.57 Å². The molecule has 0 aliphatic carbocycles. The molecule has 2 atom stereocenters.